The Bertz CT molecular complexity index is 1270. The molecule has 150 valence electrons. The first-order chi connectivity index (χ1) is 14.6. The van der Waals surface area contributed by atoms with Gasteiger partial charge >= 0.3 is 5.97 Å². The Hall–Kier alpha value is -3.74. The summed E-state index contributed by atoms with van der Waals surface area (Å²) in [4.78, 5) is 22.9. The molecule has 0 radical (unpaired) electrons. The zero-order valence-corrected chi connectivity index (χ0v) is 16.4. The highest BCUT2D eigenvalue weighted by Gasteiger charge is 2.26. The Morgan fingerprint density at radius 3 is 2.73 bits per heavy atom. The van der Waals surface area contributed by atoms with E-state index in [9.17, 15) is 9.90 Å². The highest BCUT2D eigenvalue weighted by atomic mass is 16.4. The number of aromatic nitrogens is 4. The second-order valence-corrected chi connectivity index (χ2v) is 7.55. The van der Waals surface area contributed by atoms with Crippen molar-refractivity contribution < 1.29 is 9.90 Å². The molecule has 4 heterocycles. The number of nitrogens with zero attached hydrogens (tertiary/aromatic N) is 5. The number of carboxylic acids is 1. The Kier molecular flexibility index (Phi) is 4.43. The third-order valence-electron chi connectivity index (χ3n) is 5.76. The normalized spacial score (nSPS) is 15.0. The van der Waals surface area contributed by atoms with Crippen LogP contribution in [0.3, 0.4) is 0 Å². The van der Waals surface area contributed by atoms with Crippen LogP contribution in [0.2, 0.25) is 0 Å². The van der Waals surface area contributed by atoms with Gasteiger partial charge in [0.05, 0.1) is 23.3 Å². The van der Waals surface area contributed by atoms with E-state index in [1.165, 1.54) is 0 Å². The number of carboxylic acid groups (broad SMARTS) is 1. The van der Waals surface area contributed by atoms with Gasteiger partial charge in [-0.3, -0.25) is 9.78 Å². The Labute approximate surface area is 173 Å². The first-order valence-electron chi connectivity index (χ1n) is 9.98. The molecule has 7 nitrogen and oxygen atoms in total. The van der Waals surface area contributed by atoms with Crippen LogP contribution in [0.4, 0.5) is 5.82 Å². The molecule has 5 rings (SSSR count). The molecule has 0 atom stereocenters. The Morgan fingerprint density at radius 2 is 1.97 bits per heavy atom. The predicted octanol–water partition coefficient (Wildman–Crippen LogP) is 3.89. The van der Waals surface area contributed by atoms with Crippen molar-refractivity contribution in [3.8, 4) is 11.1 Å². The number of aliphatic carboxylic acids is 1. The molecule has 0 aliphatic carbocycles. The van der Waals surface area contributed by atoms with Crippen molar-refractivity contribution in [3.63, 3.8) is 0 Å². The van der Waals surface area contributed by atoms with E-state index in [4.69, 9.17) is 4.98 Å². The lowest BCUT2D eigenvalue weighted by Crippen LogP contribution is -2.36. The van der Waals surface area contributed by atoms with E-state index in [1.807, 2.05) is 42.7 Å². The van der Waals surface area contributed by atoms with Crippen LogP contribution in [0, 0.1) is 5.92 Å². The van der Waals surface area contributed by atoms with Crippen LogP contribution in [0.15, 0.2) is 55.4 Å². The molecule has 0 bridgehead atoms. The van der Waals surface area contributed by atoms with Crippen molar-refractivity contribution in [2.45, 2.75) is 12.8 Å². The minimum atomic E-state index is -0.716. The second-order valence-electron chi connectivity index (χ2n) is 7.55. The van der Waals surface area contributed by atoms with Crippen LogP contribution < -0.4 is 4.90 Å². The maximum atomic E-state index is 11.3. The third kappa shape index (κ3) is 3.08. The van der Waals surface area contributed by atoms with Gasteiger partial charge in [-0.1, -0.05) is 24.8 Å². The van der Waals surface area contributed by atoms with E-state index < -0.39 is 5.97 Å². The zero-order chi connectivity index (χ0) is 20.7. The molecule has 1 N–H and O–H groups in total. The fourth-order valence-electron chi connectivity index (χ4n) is 4.06. The number of hydrogen-bond donors (Lipinski definition) is 1. The molecule has 1 aromatic carbocycles. The molecule has 7 heteroatoms. The van der Waals surface area contributed by atoms with Gasteiger partial charge in [-0.25, -0.2) is 9.50 Å². The van der Waals surface area contributed by atoms with Gasteiger partial charge in [-0.2, -0.15) is 5.10 Å². The molecule has 1 aliphatic rings. The summed E-state index contributed by atoms with van der Waals surface area (Å²) in [7, 11) is 0. The number of piperidine rings is 1. The number of rotatable bonds is 4. The minimum absolute atomic E-state index is 0.280. The van der Waals surface area contributed by atoms with E-state index in [0.29, 0.717) is 25.9 Å². The largest absolute Gasteiger partial charge is 0.481 e. The monoisotopic (exact) mass is 399 g/mol. The molecule has 0 amide bonds. The van der Waals surface area contributed by atoms with Gasteiger partial charge in [0.15, 0.2) is 5.65 Å². The molecule has 0 unspecified atom stereocenters. The quantitative estimate of drug-likeness (QED) is 0.561. The van der Waals surface area contributed by atoms with Crippen molar-refractivity contribution in [1.82, 2.24) is 19.6 Å². The molecule has 4 aromatic rings. The molecular weight excluding hydrogens is 378 g/mol. The van der Waals surface area contributed by atoms with Gasteiger partial charge in [-0.05, 0) is 31.1 Å². The highest BCUT2D eigenvalue weighted by Crippen LogP contribution is 2.29. The first-order valence-corrected chi connectivity index (χ1v) is 9.98. The topological polar surface area (TPSA) is 83.6 Å². The number of benzene rings is 1. The lowest BCUT2D eigenvalue weighted by atomic mass is 9.97. The summed E-state index contributed by atoms with van der Waals surface area (Å²) in [6, 6.07) is 12.1. The average molecular weight is 399 g/mol. The van der Waals surface area contributed by atoms with Crippen LogP contribution in [-0.4, -0.2) is 43.7 Å². The van der Waals surface area contributed by atoms with Crippen molar-refractivity contribution >= 4 is 34.4 Å². The molecule has 1 aliphatic heterocycles. The van der Waals surface area contributed by atoms with Gasteiger partial charge in [0.2, 0.25) is 0 Å². The smallest absolute Gasteiger partial charge is 0.306 e. The first kappa shape index (κ1) is 18.3. The molecule has 0 saturated carbocycles. The van der Waals surface area contributed by atoms with Gasteiger partial charge in [0.1, 0.15) is 5.82 Å². The van der Waals surface area contributed by atoms with Gasteiger partial charge in [-0.15, -0.1) is 0 Å². The zero-order valence-electron chi connectivity index (χ0n) is 16.4. The summed E-state index contributed by atoms with van der Waals surface area (Å²) in [6.45, 7) is 5.26. The molecular formula is C23H21N5O2. The standard InChI is InChI=1S/C23H21N5O2/c1-2-18-12-21(27-9-7-15(8-10-27)23(29)30)26-22-19(14-25-28(18)22)17-11-16-5-3-4-6-20(16)24-13-17/h2-6,11-15H,1,7-10H2,(H,29,30). The van der Waals surface area contributed by atoms with E-state index in [1.54, 1.807) is 10.6 Å². The Morgan fingerprint density at radius 1 is 1.17 bits per heavy atom. The maximum Gasteiger partial charge on any atom is 0.306 e. The van der Waals surface area contributed by atoms with E-state index in [-0.39, 0.29) is 5.92 Å². The summed E-state index contributed by atoms with van der Waals surface area (Å²) in [5.41, 5.74) is 4.38. The maximum absolute atomic E-state index is 11.3. The number of hydrogen-bond acceptors (Lipinski definition) is 5. The van der Waals surface area contributed by atoms with E-state index >= 15 is 0 Å². The summed E-state index contributed by atoms with van der Waals surface area (Å²) in [6.07, 6.45) is 6.65. The molecule has 1 fully saturated rings. The van der Waals surface area contributed by atoms with Crippen molar-refractivity contribution in [2.24, 2.45) is 5.92 Å². The summed E-state index contributed by atoms with van der Waals surface area (Å²) in [5, 5.41) is 14.9. The number of para-hydroxylation sites is 1. The Balaban J connectivity index is 1.58. The van der Waals surface area contributed by atoms with Gasteiger partial charge in [0.25, 0.3) is 0 Å². The summed E-state index contributed by atoms with van der Waals surface area (Å²) < 4.78 is 1.78. The molecule has 30 heavy (non-hydrogen) atoms. The second kappa shape index (κ2) is 7.26. The van der Waals surface area contributed by atoms with Crippen LogP contribution in [-0.2, 0) is 4.79 Å². The van der Waals surface area contributed by atoms with Crippen molar-refractivity contribution in [1.29, 1.82) is 0 Å². The number of carbonyl (C=O) groups is 1. The summed E-state index contributed by atoms with van der Waals surface area (Å²) >= 11 is 0. The van der Waals surface area contributed by atoms with Crippen LogP contribution >= 0.6 is 0 Å². The SMILES string of the molecule is C=Cc1cc(N2CCC(C(=O)O)CC2)nc2c(-c3cnc4ccccc4c3)cnn12. The predicted molar refractivity (Wildman–Crippen MR) is 116 cm³/mol. The van der Waals surface area contributed by atoms with Crippen LogP contribution in [0.5, 0.6) is 0 Å². The molecule has 0 spiro atoms. The van der Waals surface area contributed by atoms with E-state index in [2.05, 4.69) is 27.6 Å². The molecule has 1 saturated heterocycles. The minimum Gasteiger partial charge on any atom is -0.481 e. The lowest BCUT2D eigenvalue weighted by Gasteiger charge is -2.31. The number of anilines is 1. The summed E-state index contributed by atoms with van der Waals surface area (Å²) in [5.74, 6) is -0.179. The number of fused-ring (bicyclic) bond motifs is 2. The molecule has 3 aromatic heterocycles. The van der Waals surface area contributed by atoms with Crippen LogP contribution in [0.25, 0.3) is 33.8 Å². The van der Waals surface area contributed by atoms with Gasteiger partial charge < -0.3 is 10.0 Å². The van der Waals surface area contributed by atoms with Gasteiger partial charge in [0, 0.05) is 41.9 Å². The fraction of sp³-hybridized carbons (Fsp3) is 0.217. The average Bonchev–Trinajstić information content (AvgIpc) is 3.22. The fourth-order valence-corrected chi connectivity index (χ4v) is 4.06. The van der Waals surface area contributed by atoms with Crippen molar-refractivity contribution in [3.05, 3.63) is 61.1 Å². The number of pyridine rings is 1. The highest BCUT2D eigenvalue weighted by molar-refractivity contribution is 5.87. The lowest BCUT2D eigenvalue weighted by molar-refractivity contribution is -0.142. The van der Waals surface area contributed by atoms with E-state index in [0.717, 1.165) is 39.2 Å². The third-order valence-corrected chi connectivity index (χ3v) is 5.76. The van der Waals surface area contributed by atoms with Crippen LogP contribution in [0.1, 0.15) is 18.5 Å². The van der Waals surface area contributed by atoms with Crippen molar-refractivity contribution in [2.75, 3.05) is 18.0 Å².